The number of rotatable bonds is 7. The summed E-state index contributed by atoms with van der Waals surface area (Å²) in [6.07, 6.45) is 3.77. The van der Waals surface area contributed by atoms with E-state index in [1.807, 2.05) is 60.9 Å². The number of benzene rings is 2. The van der Waals surface area contributed by atoms with E-state index >= 15 is 0 Å². The average molecular weight is 452 g/mol. The van der Waals surface area contributed by atoms with Crippen molar-refractivity contribution in [2.24, 2.45) is 5.73 Å². The summed E-state index contributed by atoms with van der Waals surface area (Å²) in [5.74, 6) is -0.702. The van der Waals surface area contributed by atoms with Crippen LogP contribution in [0.15, 0.2) is 85.2 Å². The van der Waals surface area contributed by atoms with E-state index in [0.29, 0.717) is 0 Å². The zero-order valence-corrected chi connectivity index (χ0v) is 17.1. The molecule has 4 N–H and O–H groups in total. The van der Waals surface area contributed by atoms with Gasteiger partial charge in [0.05, 0.1) is 4.75 Å². The Morgan fingerprint density at radius 1 is 0.903 bits per heavy atom. The van der Waals surface area contributed by atoms with Crippen molar-refractivity contribution in [2.45, 2.75) is 10.8 Å². The monoisotopic (exact) mass is 452 g/mol. The van der Waals surface area contributed by atoms with Gasteiger partial charge in [0.25, 0.3) is 0 Å². The molecule has 1 atom stereocenters. The van der Waals surface area contributed by atoms with Crippen molar-refractivity contribution in [1.29, 1.82) is 0 Å². The molecule has 0 amide bonds. The molecular formula is C21H21BF4N2O2S. The number of thioether (sulfide) groups is 1. The molecule has 1 aromatic heterocycles. The molecule has 3 rings (SSSR count). The van der Waals surface area contributed by atoms with E-state index in [0.717, 1.165) is 16.7 Å². The predicted octanol–water partition coefficient (Wildman–Crippen LogP) is 4.24. The van der Waals surface area contributed by atoms with Gasteiger partial charge >= 0.3 is 13.2 Å². The number of hydrogen-bond donors (Lipinski definition) is 2. The third-order valence-electron chi connectivity index (χ3n) is 4.28. The first-order chi connectivity index (χ1) is 14.6. The van der Waals surface area contributed by atoms with E-state index in [-0.39, 0.29) is 5.75 Å². The van der Waals surface area contributed by atoms with Crippen molar-refractivity contribution in [2.75, 3.05) is 5.75 Å². The molecule has 0 aliphatic carbocycles. The van der Waals surface area contributed by atoms with Crippen molar-refractivity contribution in [1.82, 2.24) is 0 Å². The van der Waals surface area contributed by atoms with Gasteiger partial charge in [0, 0.05) is 17.9 Å². The first-order valence-electron chi connectivity index (χ1n) is 9.22. The van der Waals surface area contributed by atoms with Crippen LogP contribution in [0.5, 0.6) is 0 Å². The number of aliphatic carboxylic acids is 1. The molecule has 0 aliphatic heterocycles. The van der Waals surface area contributed by atoms with Gasteiger partial charge in [-0.2, -0.15) is 0 Å². The van der Waals surface area contributed by atoms with Crippen LogP contribution >= 0.6 is 11.8 Å². The van der Waals surface area contributed by atoms with Crippen LogP contribution < -0.4 is 10.7 Å². The number of aromatic nitrogens is 1. The van der Waals surface area contributed by atoms with Gasteiger partial charge in [-0.3, -0.25) is 4.79 Å². The Kier molecular flexibility index (Phi) is 8.64. The van der Waals surface area contributed by atoms with Crippen molar-refractivity contribution >= 4 is 25.0 Å². The Bertz CT molecular complexity index is 845. The molecule has 2 aromatic carbocycles. The Labute approximate surface area is 181 Å². The Morgan fingerprint density at radius 2 is 1.29 bits per heavy atom. The SMILES string of the molecule is F[B-](F)(F)F.N[C@@H](CSC(c1ccccc1)(c1ccccc1)c1cc[nH+]cc1)C(=O)O. The summed E-state index contributed by atoms with van der Waals surface area (Å²) in [5.41, 5.74) is 9.06. The Morgan fingerprint density at radius 3 is 1.68 bits per heavy atom. The number of aromatic amines is 1. The second-order valence-electron chi connectivity index (χ2n) is 6.45. The van der Waals surface area contributed by atoms with Crippen LogP contribution in [0.2, 0.25) is 0 Å². The normalized spacial score (nSPS) is 12.4. The number of pyridine rings is 1. The summed E-state index contributed by atoms with van der Waals surface area (Å²) in [6.45, 7) is 0. The maximum absolute atomic E-state index is 11.3. The molecule has 0 spiro atoms. The van der Waals surface area contributed by atoms with Crippen LogP contribution in [0, 0.1) is 0 Å². The standard InChI is InChI=1S/C21H20N2O2S.BF4/c22-19(20(24)25)15-26-21(16-7-3-1-4-8-16,17-9-5-2-6-10-17)18-11-13-23-14-12-18;2-1(3,4)5/h1-14,19H,15,22H2,(H,24,25);/q;-1/p+1/t19-;/m0./s1. The third kappa shape index (κ3) is 7.11. The van der Waals surface area contributed by atoms with Crippen LogP contribution in [0.4, 0.5) is 17.3 Å². The van der Waals surface area contributed by atoms with E-state index in [4.69, 9.17) is 5.73 Å². The van der Waals surface area contributed by atoms with Crippen LogP contribution in [0.3, 0.4) is 0 Å². The lowest BCUT2D eigenvalue weighted by molar-refractivity contribution is -0.378. The highest BCUT2D eigenvalue weighted by Gasteiger charge is 2.38. The zero-order valence-electron chi connectivity index (χ0n) is 16.3. The van der Waals surface area contributed by atoms with Gasteiger partial charge in [0.1, 0.15) is 6.04 Å². The first-order valence-corrected chi connectivity index (χ1v) is 10.2. The molecule has 0 bridgehead atoms. The number of carboxylic acids is 1. The fourth-order valence-electron chi connectivity index (χ4n) is 3.00. The fraction of sp³-hybridized carbons (Fsp3) is 0.143. The van der Waals surface area contributed by atoms with Gasteiger partial charge < -0.3 is 28.1 Å². The highest BCUT2D eigenvalue weighted by molar-refractivity contribution is 8.00. The Hall–Kier alpha value is -2.85. The zero-order chi connectivity index (χ0) is 22.9. The van der Waals surface area contributed by atoms with Crippen LogP contribution in [0.1, 0.15) is 16.7 Å². The van der Waals surface area contributed by atoms with Gasteiger partial charge in [0.15, 0.2) is 12.4 Å². The molecule has 0 fully saturated rings. The number of nitrogens with one attached hydrogen (secondary N) is 1. The van der Waals surface area contributed by atoms with E-state index < -0.39 is 24.0 Å². The highest BCUT2D eigenvalue weighted by Crippen LogP contribution is 2.48. The summed E-state index contributed by atoms with van der Waals surface area (Å²) >= 11 is 1.54. The van der Waals surface area contributed by atoms with Gasteiger partial charge in [0.2, 0.25) is 0 Å². The predicted molar refractivity (Wildman–Crippen MR) is 114 cm³/mol. The van der Waals surface area contributed by atoms with E-state index in [9.17, 15) is 27.2 Å². The van der Waals surface area contributed by atoms with Gasteiger partial charge in [-0.05, 0) is 16.7 Å². The Balaban J connectivity index is 0.000000614. The minimum atomic E-state index is -6.00. The highest BCUT2D eigenvalue weighted by atomic mass is 32.2. The summed E-state index contributed by atoms with van der Waals surface area (Å²) in [5, 5.41) is 9.25. The van der Waals surface area contributed by atoms with Gasteiger partial charge in [-0.15, -0.1) is 11.8 Å². The van der Waals surface area contributed by atoms with Gasteiger partial charge in [-0.25, -0.2) is 4.98 Å². The molecule has 3 aromatic rings. The second kappa shape index (κ2) is 11.0. The molecular weight excluding hydrogens is 431 g/mol. The van der Waals surface area contributed by atoms with Crippen LogP contribution in [0.25, 0.3) is 0 Å². The fourth-order valence-corrected chi connectivity index (χ4v) is 4.48. The lowest BCUT2D eigenvalue weighted by Gasteiger charge is -2.35. The largest absolute Gasteiger partial charge is 0.673 e. The molecule has 164 valence electrons. The minimum absolute atomic E-state index is 0.289. The number of nitrogens with two attached hydrogens (primary N) is 1. The summed E-state index contributed by atoms with van der Waals surface area (Å²) in [7, 11) is -6.00. The third-order valence-corrected chi connectivity index (χ3v) is 5.95. The van der Waals surface area contributed by atoms with Crippen molar-refractivity contribution < 1.29 is 32.1 Å². The number of halogens is 4. The maximum Gasteiger partial charge on any atom is 0.673 e. The number of carbonyl (C=O) groups is 1. The van der Waals surface area contributed by atoms with E-state index in [1.165, 1.54) is 0 Å². The summed E-state index contributed by atoms with van der Waals surface area (Å²) < 4.78 is 38.4. The maximum atomic E-state index is 11.3. The summed E-state index contributed by atoms with van der Waals surface area (Å²) in [4.78, 5) is 14.3. The lowest BCUT2D eigenvalue weighted by Crippen LogP contribution is -2.36. The molecule has 0 radical (unpaired) electrons. The molecule has 10 heteroatoms. The van der Waals surface area contributed by atoms with E-state index in [1.54, 1.807) is 11.8 Å². The number of H-pyrrole nitrogens is 1. The molecule has 0 aliphatic rings. The molecule has 4 nitrogen and oxygen atoms in total. The number of carboxylic acid groups (broad SMARTS) is 1. The summed E-state index contributed by atoms with van der Waals surface area (Å²) in [6, 6.07) is 23.4. The van der Waals surface area contributed by atoms with Crippen LogP contribution in [-0.4, -0.2) is 30.1 Å². The van der Waals surface area contributed by atoms with Crippen LogP contribution in [-0.2, 0) is 9.54 Å². The first kappa shape index (κ1) is 24.4. The molecule has 0 saturated carbocycles. The van der Waals surface area contributed by atoms with Crippen molar-refractivity contribution in [3.05, 3.63) is 102 Å². The lowest BCUT2D eigenvalue weighted by atomic mass is 9.84. The van der Waals surface area contributed by atoms with Crippen molar-refractivity contribution in [3.63, 3.8) is 0 Å². The van der Waals surface area contributed by atoms with Gasteiger partial charge in [-0.1, -0.05) is 60.7 Å². The molecule has 1 heterocycles. The second-order valence-corrected chi connectivity index (χ2v) is 7.69. The number of hydrogen-bond acceptors (Lipinski definition) is 3. The molecule has 0 unspecified atom stereocenters. The topological polar surface area (TPSA) is 77.5 Å². The minimum Gasteiger partial charge on any atom is -0.480 e. The average Bonchev–Trinajstić information content (AvgIpc) is 2.75. The smallest absolute Gasteiger partial charge is 0.480 e. The van der Waals surface area contributed by atoms with E-state index in [2.05, 4.69) is 29.2 Å². The van der Waals surface area contributed by atoms with Crippen molar-refractivity contribution in [3.8, 4) is 0 Å². The molecule has 31 heavy (non-hydrogen) atoms. The molecule has 0 saturated heterocycles. The quantitative estimate of drug-likeness (QED) is 0.416.